The van der Waals surface area contributed by atoms with Crippen molar-refractivity contribution >= 4 is 23.2 Å². The maximum absolute atomic E-state index is 12.5. The Bertz CT molecular complexity index is 1130. The van der Waals surface area contributed by atoms with Crippen molar-refractivity contribution in [2.45, 2.75) is 6.10 Å². The number of anilines is 2. The van der Waals surface area contributed by atoms with Crippen LogP contribution in [0.1, 0.15) is 27.6 Å². The van der Waals surface area contributed by atoms with Gasteiger partial charge in [0.1, 0.15) is 6.10 Å². The number of benzene rings is 3. The molecule has 1 unspecified atom stereocenters. The number of methoxy groups -OCH3 is 2. The first-order chi connectivity index (χ1) is 15.1. The summed E-state index contributed by atoms with van der Waals surface area (Å²) >= 11 is 0. The topological polar surface area (TPSA) is 95.2 Å². The minimum atomic E-state index is -0.223. The van der Waals surface area contributed by atoms with Crippen LogP contribution < -0.4 is 20.5 Å². The lowest BCUT2D eigenvalue weighted by atomic mass is 10.1. The van der Waals surface area contributed by atoms with Crippen LogP contribution in [0.3, 0.4) is 0 Å². The van der Waals surface area contributed by atoms with Crippen LogP contribution in [0.5, 0.6) is 11.5 Å². The molecular formula is C24H23N3O4. The third-order valence-corrected chi connectivity index (χ3v) is 5.04. The zero-order chi connectivity index (χ0) is 21.8. The number of carbonyl (C=O) groups is 1. The minimum Gasteiger partial charge on any atom is -0.493 e. The smallest absolute Gasteiger partial charge is 0.255 e. The van der Waals surface area contributed by atoms with Crippen LogP contribution in [-0.4, -0.2) is 32.6 Å². The van der Waals surface area contributed by atoms with Crippen molar-refractivity contribution in [2.75, 3.05) is 31.8 Å². The number of aliphatic imine (C=N–C) groups is 1. The van der Waals surface area contributed by atoms with Gasteiger partial charge in [-0.3, -0.25) is 4.79 Å². The second-order valence-electron chi connectivity index (χ2n) is 6.99. The summed E-state index contributed by atoms with van der Waals surface area (Å²) in [6, 6.07) is 20.0. The van der Waals surface area contributed by atoms with Crippen LogP contribution in [-0.2, 0) is 4.74 Å². The number of amides is 1. The summed E-state index contributed by atoms with van der Waals surface area (Å²) in [6.45, 7) is 0.496. The van der Waals surface area contributed by atoms with E-state index in [4.69, 9.17) is 19.9 Å². The summed E-state index contributed by atoms with van der Waals surface area (Å²) in [7, 11) is 3.18. The van der Waals surface area contributed by atoms with Crippen molar-refractivity contribution in [1.29, 1.82) is 0 Å². The quantitative estimate of drug-likeness (QED) is 0.590. The highest BCUT2D eigenvalue weighted by molar-refractivity contribution is 6.05. The van der Waals surface area contributed by atoms with Crippen molar-refractivity contribution in [2.24, 2.45) is 4.99 Å². The highest BCUT2D eigenvalue weighted by Gasteiger charge is 2.24. The molecule has 31 heavy (non-hydrogen) atoms. The lowest BCUT2D eigenvalue weighted by Crippen LogP contribution is -2.13. The molecule has 7 heteroatoms. The van der Waals surface area contributed by atoms with E-state index in [1.54, 1.807) is 38.5 Å². The standard InChI is InChI=1S/C24H23N3O4/c1-29-20-12-11-17(13-21(20)30-2)24-26-14-22(31-24)15-7-9-16(10-8-15)23(28)27-19-6-4-3-5-18(19)25/h3-13,22H,14,25H2,1-2H3,(H,27,28). The third-order valence-electron chi connectivity index (χ3n) is 5.04. The lowest BCUT2D eigenvalue weighted by molar-refractivity contribution is 0.102. The zero-order valence-corrected chi connectivity index (χ0v) is 17.3. The van der Waals surface area contributed by atoms with E-state index in [1.807, 2.05) is 42.5 Å². The van der Waals surface area contributed by atoms with Crippen molar-refractivity contribution in [3.63, 3.8) is 0 Å². The highest BCUT2D eigenvalue weighted by atomic mass is 16.5. The number of hydrogen-bond acceptors (Lipinski definition) is 6. The molecule has 0 aromatic heterocycles. The number of nitrogens with two attached hydrogens (primary N) is 1. The molecule has 0 bridgehead atoms. The molecule has 1 heterocycles. The molecule has 0 saturated carbocycles. The molecule has 3 aromatic carbocycles. The Hall–Kier alpha value is -4.00. The van der Waals surface area contributed by atoms with E-state index in [1.165, 1.54) is 0 Å². The fourth-order valence-electron chi connectivity index (χ4n) is 3.33. The first-order valence-electron chi connectivity index (χ1n) is 9.78. The lowest BCUT2D eigenvalue weighted by Gasteiger charge is -2.14. The number of nitrogens with zero attached hydrogens (tertiary/aromatic N) is 1. The normalized spacial score (nSPS) is 15.0. The summed E-state index contributed by atoms with van der Waals surface area (Å²) in [5.41, 5.74) is 9.29. The first-order valence-corrected chi connectivity index (χ1v) is 9.78. The molecule has 1 aliphatic heterocycles. The van der Waals surface area contributed by atoms with Crippen LogP contribution in [0.4, 0.5) is 11.4 Å². The van der Waals surface area contributed by atoms with Gasteiger partial charge in [0, 0.05) is 11.1 Å². The van der Waals surface area contributed by atoms with Crippen molar-refractivity contribution in [3.05, 3.63) is 83.4 Å². The molecule has 4 rings (SSSR count). The van der Waals surface area contributed by atoms with Crippen LogP contribution in [0.15, 0.2) is 71.7 Å². The summed E-state index contributed by atoms with van der Waals surface area (Å²) in [6.07, 6.45) is -0.218. The predicted molar refractivity (Wildman–Crippen MR) is 120 cm³/mol. The Morgan fingerprint density at radius 1 is 1.03 bits per heavy atom. The third kappa shape index (κ3) is 4.30. The Morgan fingerprint density at radius 2 is 1.77 bits per heavy atom. The molecule has 7 nitrogen and oxygen atoms in total. The number of carbonyl (C=O) groups excluding carboxylic acids is 1. The van der Waals surface area contributed by atoms with Gasteiger partial charge >= 0.3 is 0 Å². The number of para-hydroxylation sites is 2. The molecule has 1 aliphatic rings. The van der Waals surface area contributed by atoms with E-state index in [9.17, 15) is 4.79 Å². The first kappa shape index (κ1) is 20.3. The Kier molecular flexibility index (Phi) is 5.75. The van der Waals surface area contributed by atoms with Crippen LogP contribution >= 0.6 is 0 Å². The number of ether oxygens (including phenoxy) is 3. The fourth-order valence-corrected chi connectivity index (χ4v) is 3.33. The van der Waals surface area contributed by atoms with Gasteiger partial charge in [0.2, 0.25) is 5.90 Å². The molecule has 0 radical (unpaired) electrons. The van der Waals surface area contributed by atoms with E-state index in [0.29, 0.717) is 40.9 Å². The fraction of sp³-hybridized carbons (Fsp3) is 0.167. The Balaban J connectivity index is 1.43. The van der Waals surface area contributed by atoms with E-state index >= 15 is 0 Å². The van der Waals surface area contributed by atoms with E-state index in [-0.39, 0.29) is 12.0 Å². The molecule has 158 valence electrons. The number of rotatable bonds is 6. The molecule has 1 atom stereocenters. The summed E-state index contributed by atoms with van der Waals surface area (Å²) in [5, 5.41) is 2.82. The second kappa shape index (κ2) is 8.79. The summed E-state index contributed by atoms with van der Waals surface area (Å²) in [5.74, 6) is 1.59. The summed E-state index contributed by atoms with van der Waals surface area (Å²) < 4.78 is 16.7. The minimum absolute atomic E-state index is 0.218. The van der Waals surface area contributed by atoms with Crippen molar-refractivity contribution in [3.8, 4) is 11.5 Å². The van der Waals surface area contributed by atoms with Crippen molar-refractivity contribution in [1.82, 2.24) is 0 Å². The molecule has 0 fully saturated rings. The van der Waals surface area contributed by atoms with E-state index < -0.39 is 0 Å². The van der Waals surface area contributed by atoms with Gasteiger partial charge in [-0.2, -0.15) is 0 Å². The van der Waals surface area contributed by atoms with Crippen LogP contribution in [0.2, 0.25) is 0 Å². The predicted octanol–water partition coefficient (Wildman–Crippen LogP) is 4.06. The average molecular weight is 417 g/mol. The Labute approximate surface area is 180 Å². The van der Waals surface area contributed by atoms with Gasteiger partial charge in [-0.05, 0) is 48.0 Å². The molecular weight excluding hydrogens is 394 g/mol. The molecule has 3 N–H and O–H groups in total. The van der Waals surface area contributed by atoms with Crippen molar-refractivity contribution < 1.29 is 19.0 Å². The van der Waals surface area contributed by atoms with Crippen LogP contribution in [0.25, 0.3) is 0 Å². The highest BCUT2D eigenvalue weighted by Crippen LogP contribution is 2.31. The molecule has 1 amide bonds. The largest absolute Gasteiger partial charge is 0.493 e. The second-order valence-corrected chi connectivity index (χ2v) is 6.99. The van der Waals surface area contributed by atoms with Gasteiger partial charge in [0.15, 0.2) is 11.5 Å². The molecule has 0 saturated heterocycles. The molecule has 0 aliphatic carbocycles. The number of nitrogen functional groups attached to an aromatic ring is 1. The summed E-state index contributed by atoms with van der Waals surface area (Å²) in [4.78, 5) is 17.0. The molecule has 0 spiro atoms. The van der Waals surface area contributed by atoms with Crippen LogP contribution in [0, 0.1) is 0 Å². The van der Waals surface area contributed by atoms with Gasteiger partial charge in [-0.15, -0.1) is 0 Å². The monoisotopic (exact) mass is 417 g/mol. The van der Waals surface area contributed by atoms with Gasteiger partial charge < -0.3 is 25.3 Å². The number of nitrogens with one attached hydrogen (secondary N) is 1. The van der Waals surface area contributed by atoms with Gasteiger partial charge in [-0.25, -0.2) is 4.99 Å². The van der Waals surface area contributed by atoms with E-state index in [0.717, 1.165) is 11.1 Å². The van der Waals surface area contributed by atoms with E-state index in [2.05, 4.69) is 10.3 Å². The SMILES string of the molecule is COc1ccc(C2=NCC(c3ccc(C(=O)Nc4ccccc4N)cc3)O2)cc1OC. The van der Waals surface area contributed by atoms with Gasteiger partial charge in [0.05, 0.1) is 32.1 Å². The van der Waals surface area contributed by atoms with Gasteiger partial charge in [0.25, 0.3) is 5.91 Å². The maximum atomic E-state index is 12.5. The zero-order valence-electron chi connectivity index (χ0n) is 17.3. The number of hydrogen-bond donors (Lipinski definition) is 2. The average Bonchev–Trinajstić information content (AvgIpc) is 3.30. The maximum Gasteiger partial charge on any atom is 0.255 e. The molecule has 3 aromatic rings. The van der Waals surface area contributed by atoms with Gasteiger partial charge in [-0.1, -0.05) is 24.3 Å². The Morgan fingerprint density at radius 3 is 2.48 bits per heavy atom.